The number of sulfone groups is 2. The highest BCUT2D eigenvalue weighted by Crippen LogP contribution is 2.38. The normalized spacial score (nSPS) is 15.4. The first kappa shape index (κ1) is 50.0. The summed E-state index contributed by atoms with van der Waals surface area (Å²) in [4.78, 5) is 48.0. The molecule has 0 unspecified atom stereocenters. The zero-order valence-electron chi connectivity index (χ0n) is 37.3. The molecule has 0 saturated carbocycles. The van der Waals surface area contributed by atoms with Gasteiger partial charge in [0.25, 0.3) is 11.1 Å². The molecule has 0 spiro atoms. The number of halogens is 1. The zero-order valence-corrected chi connectivity index (χ0v) is 41.1. The minimum absolute atomic E-state index is 0.0604. The van der Waals surface area contributed by atoms with Crippen LogP contribution in [-0.4, -0.2) is 83.0 Å². The fourth-order valence-corrected chi connectivity index (χ4v) is 9.46. The molecule has 0 bridgehead atoms. The van der Waals surface area contributed by atoms with E-state index in [9.17, 15) is 36.0 Å². The quantitative estimate of drug-likeness (QED) is 0.110. The molecule has 20 heteroatoms. The van der Waals surface area contributed by atoms with Gasteiger partial charge in [-0.1, -0.05) is 24.3 Å². The number of ether oxygens (including phenoxy) is 2. The van der Waals surface area contributed by atoms with Gasteiger partial charge in [-0.15, -0.1) is 0 Å². The molecule has 7 rings (SSSR count). The Balaban J connectivity index is 0.000000186. The van der Waals surface area contributed by atoms with Crippen LogP contribution in [0.2, 0.25) is 0 Å². The maximum absolute atomic E-state index is 12.3. The molecule has 2 aliphatic carbocycles. The summed E-state index contributed by atoms with van der Waals surface area (Å²) < 4.78 is 71.6. The number of methoxy groups -OCH3 is 2. The van der Waals surface area contributed by atoms with Crippen molar-refractivity contribution in [2.24, 2.45) is 14.1 Å². The number of fused-ring (bicyclic) bond motifs is 2. The standard InChI is InChI=1S/C19H20N2O5S.C15H20BNO3.C10H12INO4S/c1-21-9-16(12-5-4-6-13(12)18(21)22)15-7-11(10-27(3,24)25)14(8-17(15)20)19(23)26-2;1-14(2)15(3,4)20-16(19-14)12-9-17(5)13(18)11-8-6-7-10(11)12;1-16-10(13)7-4-9(12)8(11)3-6(7)5-17(2,14)15/h4-5,7-9H,6,10,20H2,1-3H3;6-7,9H,8H2,1-5H3;3-4H,5,12H2,1-2H3. The average molecular weight is 1030 g/mol. The minimum atomic E-state index is -3.40. The summed E-state index contributed by atoms with van der Waals surface area (Å²) in [5.74, 6) is -1.79. The fraction of sp³-hybridized carbons (Fsp3) is 0.364. The van der Waals surface area contributed by atoms with Crippen molar-refractivity contribution >= 4 is 90.3 Å². The summed E-state index contributed by atoms with van der Waals surface area (Å²) >= 11 is 1.98. The van der Waals surface area contributed by atoms with Crippen molar-refractivity contribution in [3.05, 3.63) is 118 Å². The lowest BCUT2D eigenvalue weighted by Gasteiger charge is -2.32. The monoisotopic (exact) mass is 1030 g/mol. The molecule has 1 aliphatic heterocycles. The Morgan fingerprint density at radius 3 is 1.64 bits per heavy atom. The summed E-state index contributed by atoms with van der Waals surface area (Å²) in [5.41, 5.74) is 18.3. The predicted octanol–water partition coefficient (Wildman–Crippen LogP) is 3.99. The largest absolute Gasteiger partial charge is 0.496 e. The molecule has 4 aromatic rings. The lowest BCUT2D eigenvalue weighted by Crippen LogP contribution is -2.41. The van der Waals surface area contributed by atoms with E-state index in [-0.39, 0.29) is 45.0 Å². The lowest BCUT2D eigenvalue weighted by molar-refractivity contribution is 0.00578. The van der Waals surface area contributed by atoms with Gasteiger partial charge < -0.3 is 39.4 Å². The third-order valence-corrected chi connectivity index (χ3v) is 13.8. The number of hydrogen-bond acceptors (Lipinski definition) is 14. The molecule has 64 heavy (non-hydrogen) atoms. The molecule has 1 fully saturated rings. The van der Waals surface area contributed by atoms with Gasteiger partial charge in [0.2, 0.25) is 0 Å². The number of anilines is 2. The van der Waals surface area contributed by atoms with E-state index in [0.717, 1.165) is 34.7 Å². The second kappa shape index (κ2) is 18.8. The summed E-state index contributed by atoms with van der Waals surface area (Å²) in [7, 11) is -1.16. The molecule has 1 saturated heterocycles. The number of allylic oxidation sites excluding steroid dienone is 2. The maximum atomic E-state index is 12.3. The number of carbonyl (C=O) groups is 2. The molecule has 3 heterocycles. The van der Waals surface area contributed by atoms with Crippen LogP contribution in [0, 0.1) is 3.57 Å². The van der Waals surface area contributed by atoms with E-state index in [1.54, 1.807) is 37.0 Å². The summed E-state index contributed by atoms with van der Waals surface area (Å²) in [6.45, 7) is 8.13. The minimum Gasteiger partial charge on any atom is -0.465 e. The van der Waals surface area contributed by atoms with Crippen molar-refractivity contribution in [3.63, 3.8) is 0 Å². The van der Waals surface area contributed by atoms with E-state index in [0.29, 0.717) is 55.6 Å². The van der Waals surface area contributed by atoms with Crippen LogP contribution in [0.25, 0.3) is 23.3 Å². The van der Waals surface area contributed by atoms with E-state index < -0.39 is 38.7 Å². The topological polar surface area (TPSA) is 235 Å². The molecule has 0 atom stereocenters. The molecule has 0 radical (unpaired) electrons. The van der Waals surface area contributed by atoms with Gasteiger partial charge in [0.05, 0.1) is 48.1 Å². The van der Waals surface area contributed by atoms with Crippen molar-refractivity contribution in [1.29, 1.82) is 0 Å². The van der Waals surface area contributed by atoms with Gasteiger partial charge in [0, 0.05) is 81.7 Å². The van der Waals surface area contributed by atoms with Crippen LogP contribution in [0.5, 0.6) is 0 Å². The van der Waals surface area contributed by atoms with Crippen molar-refractivity contribution in [2.75, 3.05) is 38.2 Å². The van der Waals surface area contributed by atoms with Gasteiger partial charge >= 0.3 is 19.1 Å². The Kier molecular flexibility index (Phi) is 14.7. The number of nitrogens with two attached hydrogens (primary N) is 2. The molecule has 342 valence electrons. The van der Waals surface area contributed by atoms with Crippen LogP contribution in [0.3, 0.4) is 0 Å². The third-order valence-electron chi connectivity index (χ3n) is 11.2. The maximum Gasteiger partial charge on any atom is 0.496 e. The average Bonchev–Trinajstić information content (AvgIpc) is 3.94. The molecular weight excluding hydrogens is 978 g/mol. The van der Waals surface area contributed by atoms with Crippen LogP contribution in [0.4, 0.5) is 11.4 Å². The van der Waals surface area contributed by atoms with Crippen molar-refractivity contribution in [1.82, 2.24) is 9.13 Å². The van der Waals surface area contributed by atoms with Crippen LogP contribution >= 0.6 is 22.6 Å². The highest BCUT2D eigenvalue weighted by Gasteiger charge is 2.52. The second-order valence-electron chi connectivity index (χ2n) is 16.8. The zero-order chi connectivity index (χ0) is 47.9. The first-order valence-corrected chi connectivity index (χ1v) is 25.0. The first-order valence-electron chi connectivity index (χ1n) is 19.8. The number of hydrogen-bond donors (Lipinski definition) is 2. The van der Waals surface area contributed by atoms with E-state index in [1.165, 1.54) is 30.9 Å². The second-order valence-corrected chi connectivity index (χ2v) is 22.2. The lowest BCUT2D eigenvalue weighted by atomic mass is 9.76. The van der Waals surface area contributed by atoms with Crippen LogP contribution < -0.4 is 28.0 Å². The number of rotatable bonds is 8. The Bertz CT molecular complexity index is 2960. The van der Waals surface area contributed by atoms with Crippen LogP contribution in [0.1, 0.15) is 81.8 Å². The molecular formula is C44H52BIN4O12S2. The molecule has 3 aliphatic rings. The Labute approximate surface area is 386 Å². The number of nitrogens with zero attached hydrogens (tertiary/aromatic N) is 2. The molecule has 16 nitrogen and oxygen atoms in total. The Morgan fingerprint density at radius 2 is 1.16 bits per heavy atom. The Hall–Kier alpha value is -5.03. The van der Waals surface area contributed by atoms with Gasteiger partial charge in [-0.2, -0.15) is 0 Å². The van der Waals surface area contributed by atoms with Crippen molar-refractivity contribution in [3.8, 4) is 11.1 Å². The van der Waals surface area contributed by atoms with Crippen LogP contribution in [0.15, 0.2) is 58.4 Å². The number of nitrogen functional groups attached to an aromatic ring is 2. The van der Waals surface area contributed by atoms with Gasteiger partial charge in [0.1, 0.15) is 0 Å². The number of aryl methyl sites for hydroxylation is 2. The van der Waals surface area contributed by atoms with Crippen LogP contribution in [-0.2, 0) is 76.9 Å². The number of benzene rings is 2. The summed E-state index contributed by atoms with van der Waals surface area (Å²) in [6.07, 6.45) is 14.7. The van der Waals surface area contributed by atoms with Gasteiger partial charge in [-0.3, -0.25) is 9.59 Å². The Morgan fingerprint density at radius 1 is 0.719 bits per heavy atom. The van der Waals surface area contributed by atoms with Gasteiger partial charge in [-0.25, -0.2) is 26.4 Å². The van der Waals surface area contributed by atoms with E-state index in [1.807, 2.05) is 80.8 Å². The van der Waals surface area contributed by atoms with Gasteiger partial charge in [-0.05, 0) is 110 Å². The molecule has 2 aromatic carbocycles. The SMILES string of the molecule is COC(=O)c1cc(N)c(-c2cn(C)c(=O)c3c2C=CC3)cc1CS(C)(=O)=O.COC(=O)c1cc(N)c(I)cc1CS(C)(=O)=O.Cn1cc(B2OC(C)(C)C(C)(C)O2)c2c(c1=O)CC=C2. The smallest absolute Gasteiger partial charge is 0.465 e. The first-order chi connectivity index (χ1) is 29.6. The highest BCUT2D eigenvalue weighted by molar-refractivity contribution is 14.1. The third kappa shape index (κ3) is 10.9. The number of aromatic nitrogens is 2. The number of carbonyl (C=O) groups excluding carboxylic acids is 2. The number of esters is 2. The molecule has 2 aromatic heterocycles. The van der Waals surface area contributed by atoms with Crippen molar-refractivity contribution in [2.45, 2.75) is 63.2 Å². The van der Waals surface area contributed by atoms with Gasteiger partial charge in [0.15, 0.2) is 19.7 Å². The summed E-state index contributed by atoms with van der Waals surface area (Å²) in [6, 6.07) is 6.05. The summed E-state index contributed by atoms with van der Waals surface area (Å²) in [5, 5.41) is 0. The van der Waals surface area contributed by atoms with E-state index in [2.05, 4.69) is 4.74 Å². The van der Waals surface area contributed by atoms with E-state index in [4.69, 9.17) is 25.5 Å². The molecule has 0 amide bonds. The predicted molar refractivity (Wildman–Crippen MR) is 258 cm³/mol. The number of pyridine rings is 2. The highest BCUT2D eigenvalue weighted by atomic mass is 127. The van der Waals surface area contributed by atoms with Crippen molar-refractivity contribution < 1.29 is 45.2 Å². The van der Waals surface area contributed by atoms with E-state index >= 15 is 0 Å². The fourth-order valence-electron chi connectivity index (χ4n) is 7.32. The molecule has 4 N–H and O–H groups in total.